The number of rotatable bonds is 30. The van der Waals surface area contributed by atoms with Crippen LogP contribution in [0.3, 0.4) is 0 Å². The molecule has 11 N–H and O–H groups in total. The van der Waals surface area contributed by atoms with Crippen molar-refractivity contribution in [3.05, 3.63) is 49.1 Å². The van der Waals surface area contributed by atoms with Crippen molar-refractivity contribution < 1.29 is 81.2 Å². The van der Waals surface area contributed by atoms with Crippen LogP contribution in [0.25, 0.3) is 0 Å². The molecule has 0 aliphatic rings. The number of carbonyl (C=O) groups is 4. The molecule has 63 heavy (non-hydrogen) atoms. The summed E-state index contributed by atoms with van der Waals surface area (Å²) in [7, 11) is -14.7. The average Bonchev–Trinajstić information content (AvgIpc) is 3.13. The molecule has 4 amide bonds. The van der Waals surface area contributed by atoms with Crippen LogP contribution >= 0.6 is 30.2 Å². The van der Waals surface area contributed by atoms with Crippen molar-refractivity contribution in [3.8, 4) is 0 Å². The third-order valence-corrected chi connectivity index (χ3v) is 11.1. The number of ether oxygens (including phenoxy) is 2. The second-order valence-corrected chi connectivity index (χ2v) is 23.0. The van der Waals surface area contributed by atoms with Crippen LogP contribution in [0.4, 0.5) is 0 Å². The molecule has 0 aliphatic carbocycles. The molecule has 0 aromatic rings. The van der Waals surface area contributed by atoms with Crippen molar-refractivity contribution in [1.29, 1.82) is 0 Å². The molecule has 0 rings (SSSR count). The Labute approximate surface area is 373 Å². The summed E-state index contributed by atoms with van der Waals surface area (Å²) in [4.78, 5) is 104. The Morgan fingerprint density at radius 2 is 0.905 bits per heavy atom. The molecule has 0 bridgehead atoms. The van der Waals surface area contributed by atoms with E-state index in [9.17, 15) is 37.4 Å². The highest BCUT2D eigenvalue weighted by Crippen LogP contribution is 2.37. The summed E-state index contributed by atoms with van der Waals surface area (Å²) >= 11 is 0. The van der Waals surface area contributed by atoms with Gasteiger partial charge in [-0.1, -0.05) is 39.2 Å². The van der Waals surface area contributed by atoms with Gasteiger partial charge in [-0.2, -0.15) is 0 Å². The van der Waals surface area contributed by atoms with Gasteiger partial charge in [0.25, 0.3) is 0 Å². The molecule has 0 aromatic heterocycles. The fourth-order valence-electron chi connectivity index (χ4n) is 3.97. The molecule has 0 radical (unpaired) electrons. The first-order chi connectivity index (χ1) is 28.6. The number of nitrogens with one attached hydrogen (secondary N) is 4. The average molecular weight is 985 g/mol. The van der Waals surface area contributed by atoms with Crippen molar-refractivity contribution in [2.24, 2.45) is 0 Å². The van der Waals surface area contributed by atoms with Crippen LogP contribution in [-0.2, 0) is 46.9 Å². The summed E-state index contributed by atoms with van der Waals surface area (Å²) in [5.41, 5.74) is 0.724. The maximum absolute atomic E-state index is 11.2. The quantitative estimate of drug-likeness (QED) is 0.0278. The van der Waals surface area contributed by atoms with Gasteiger partial charge in [-0.3, -0.25) is 37.4 Å². The molecule has 370 valence electrons. The standard InChI is InChI=1S/C14H28NO4P.C9H18NO5P.C8H16NO4P.C7H14NO4P/c1-13(2)14(16)15-9-6-4-5-7-10-19-11-8-12-20(3,17)18;1-8(2)9(11)10-4-6-15-5-3-7-16(12,13)14;1-4-7(10)9-8(2,3)5-6-14(11,12)13;1-6(2)7(9)8-4-3-5-13(10,11)12/h1,4-12H2,2-3H3,(H,15,16)(H,17,18);1,3-7H2,2H3,(H,10,11)(H2,12,13,14);4H,1,5-6H2,2-3H3,(H,9,10)(H2,11,12,13);1,3-5H2,2H3,(H,8,9)(H2,10,11,12). The van der Waals surface area contributed by atoms with E-state index in [1.807, 2.05) is 0 Å². The fourth-order valence-corrected chi connectivity index (χ4v) is 6.65. The molecular formula is C38H76N4O17P4. The van der Waals surface area contributed by atoms with Crippen molar-refractivity contribution in [3.63, 3.8) is 0 Å². The normalized spacial score (nSPS) is 12.2. The topological polar surface area (TPSA) is 345 Å². The molecule has 1 unspecified atom stereocenters. The number of unbranched alkanes of at least 4 members (excludes halogenated alkanes) is 3. The predicted octanol–water partition coefficient (Wildman–Crippen LogP) is 3.69. The summed E-state index contributed by atoms with van der Waals surface area (Å²) in [6.45, 7) is 26.5. The van der Waals surface area contributed by atoms with Gasteiger partial charge in [-0.15, -0.1) is 0 Å². The van der Waals surface area contributed by atoms with Crippen LogP contribution in [0.1, 0.15) is 86.0 Å². The molecule has 25 heteroatoms. The molecule has 0 heterocycles. The number of hydrogen-bond donors (Lipinski definition) is 11. The molecule has 0 aliphatic heterocycles. The van der Waals surface area contributed by atoms with E-state index < -0.39 is 35.7 Å². The maximum Gasteiger partial charge on any atom is 0.325 e. The summed E-state index contributed by atoms with van der Waals surface area (Å²) in [6, 6.07) is 0. The van der Waals surface area contributed by atoms with Gasteiger partial charge in [0.15, 0.2) is 7.37 Å². The van der Waals surface area contributed by atoms with E-state index in [-0.39, 0.29) is 68.1 Å². The third kappa shape index (κ3) is 59.4. The van der Waals surface area contributed by atoms with Gasteiger partial charge in [0.05, 0.1) is 25.1 Å². The zero-order valence-electron chi connectivity index (χ0n) is 37.8. The number of hydrogen-bond acceptors (Lipinski definition) is 10. The highest BCUT2D eigenvalue weighted by atomic mass is 31.2. The van der Waals surface area contributed by atoms with E-state index in [4.69, 9.17) is 43.7 Å². The van der Waals surface area contributed by atoms with E-state index in [1.54, 1.807) is 34.6 Å². The minimum atomic E-state index is -3.99. The Kier molecular flexibility index (Phi) is 38.9. The van der Waals surface area contributed by atoms with Gasteiger partial charge in [-0.05, 0) is 79.2 Å². The van der Waals surface area contributed by atoms with E-state index >= 15 is 0 Å². The molecule has 0 saturated carbocycles. The summed E-state index contributed by atoms with van der Waals surface area (Å²) in [5.74, 6) is -0.935. The van der Waals surface area contributed by atoms with Crippen LogP contribution in [0.5, 0.6) is 0 Å². The van der Waals surface area contributed by atoms with Gasteiger partial charge in [0.1, 0.15) is 0 Å². The first-order valence-corrected chi connectivity index (χ1v) is 27.7. The van der Waals surface area contributed by atoms with Crippen LogP contribution in [0.2, 0.25) is 0 Å². The molecular weight excluding hydrogens is 908 g/mol. The van der Waals surface area contributed by atoms with E-state index in [1.165, 1.54) is 6.66 Å². The minimum absolute atomic E-state index is 0.0783. The molecule has 21 nitrogen and oxygen atoms in total. The summed E-state index contributed by atoms with van der Waals surface area (Å²) in [6.07, 6.45) is 6.33. The van der Waals surface area contributed by atoms with Gasteiger partial charge >= 0.3 is 22.8 Å². The Hall–Kier alpha value is -2.60. The molecule has 0 aromatic carbocycles. The SMILES string of the molecule is C=C(C)C(=O)NCCCCCCOCCCP(C)(=O)O.C=C(C)C(=O)NCCCP(=O)(O)O.C=C(C)C(=O)NCCOCCCP(=O)(O)O.C=CC(=O)NC(C)(C)CCP(=O)(O)O. The van der Waals surface area contributed by atoms with Crippen molar-refractivity contribution >= 4 is 53.8 Å². The van der Waals surface area contributed by atoms with Crippen LogP contribution in [-0.4, -0.2) is 141 Å². The van der Waals surface area contributed by atoms with E-state index in [2.05, 4.69) is 47.6 Å². The lowest BCUT2D eigenvalue weighted by Crippen LogP contribution is -2.43. The van der Waals surface area contributed by atoms with Gasteiger partial charge in [0, 0.05) is 74.5 Å². The van der Waals surface area contributed by atoms with Crippen LogP contribution in [0.15, 0.2) is 49.1 Å². The van der Waals surface area contributed by atoms with Gasteiger partial charge in [0.2, 0.25) is 23.6 Å². The van der Waals surface area contributed by atoms with Crippen molar-refractivity contribution in [2.45, 2.75) is 91.5 Å². The van der Waals surface area contributed by atoms with Crippen LogP contribution < -0.4 is 21.3 Å². The van der Waals surface area contributed by atoms with E-state index in [0.29, 0.717) is 68.6 Å². The second-order valence-electron chi connectivity index (χ2n) is 15.1. The lowest BCUT2D eigenvalue weighted by atomic mass is 10.0. The number of amides is 4. The lowest BCUT2D eigenvalue weighted by Gasteiger charge is -2.25. The smallest absolute Gasteiger partial charge is 0.325 e. The monoisotopic (exact) mass is 984 g/mol. The Morgan fingerprint density at radius 3 is 1.32 bits per heavy atom. The Bertz CT molecular complexity index is 1600. The highest BCUT2D eigenvalue weighted by molar-refractivity contribution is 7.57. The Balaban J connectivity index is -0.000000374. The zero-order chi connectivity index (χ0) is 49.9. The summed E-state index contributed by atoms with van der Waals surface area (Å²) in [5, 5.41) is 10.4. The highest BCUT2D eigenvalue weighted by Gasteiger charge is 2.24. The van der Waals surface area contributed by atoms with Crippen molar-refractivity contribution in [1.82, 2.24) is 21.3 Å². The first kappa shape index (κ1) is 67.0. The third-order valence-electron chi connectivity index (χ3n) is 7.38. The summed E-state index contributed by atoms with van der Waals surface area (Å²) < 4.78 is 52.9. The minimum Gasteiger partial charge on any atom is -0.381 e. The van der Waals surface area contributed by atoms with Gasteiger partial charge < -0.3 is 65.0 Å². The maximum atomic E-state index is 11.2. The first-order valence-electron chi connectivity index (χ1n) is 20.0. The molecule has 0 spiro atoms. The molecule has 1 atom stereocenters. The number of carbonyl (C=O) groups excluding carboxylic acids is 4. The van der Waals surface area contributed by atoms with Crippen LogP contribution in [0, 0.1) is 0 Å². The van der Waals surface area contributed by atoms with E-state index in [0.717, 1.165) is 31.8 Å². The van der Waals surface area contributed by atoms with Gasteiger partial charge in [-0.25, -0.2) is 0 Å². The second kappa shape index (κ2) is 36.6. The molecule has 0 fully saturated rings. The zero-order valence-corrected chi connectivity index (χ0v) is 41.4. The van der Waals surface area contributed by atoms with Crippen molar-refractivity contribution in [2.75, 3.05) is 77.4 Å². The lowest BCUT2D eigenvalue weighted by molar-refractivity contribution is -0.118. The molecule has 0 saturated heterocycles. The largest absolute Gasteiger partial charge is 0.381 e. The Morgan fingerprint density at radius 1 is 0.540 bits per heavy atom. The fraction of sp³-hybridized carbons (Fsp3) is 0.684. The predicted molar refractivity (Wildman–Crippen MR) is 246 cm³/mol.